The molecule has 1 aliphatic heterocycles. The topological polar surface area (TPSA) is 127 Å². The van der Waals surface area contributed by atoms with E-state index >= 15 is 0 Å². The van der Waals surface area contributed by atoms with Gasteiger partial charge in [-0.15, -0.1) is 0 Å². The molecule has 1 fully saturated rings. The number of fused-ring (bicyclic) bond motifs is 1. The predicted octanol–water partition coefficient (Wildman–Crippen LogP) is 2.57. The van der Waals surface area contributed by atoms with E-state index in [-0.39, 0.29) is 18.8 Å². The number of rotatable bonds is 10. The molecule has 0 spiro atoms. The molecule has 4 rings (SSSR count). The van der Waals surface area contributed by atoms with E-state index in [0.29, 0.717) is 32.1 Å². The predicted molar refractivity (Wildman–Crippen MR) is 145 cm³/mol. The molecule has 1 atom stereocenters. The van der Waals surface area contributed by atoms with Crippen molar-refractivity contribution in [3.05, 3.63) is 77.9 Å². The second-order valence-corrected chi connectivity index (χ2v) is 8.92. The number of benzene rings is 2. The Morgan fingerprint density at radius 3 is 2.48 bits per heavy atom. The summed E-state index contributed by atoms with van der Waals surface area (Å²) in [6, 6.07) is 18.1. The van der Waals surface area contributed by atoms with Crippen LogP contribution in [0, 0.1) is 0 Å². The summed E-state index contributed by atoms with van der Waals surface area (Å²) in [5, 5.41) is 3.67. The maximum absolute atomic E-state index is 12.5. The number of aromatic nitrogens is 1. The van der Waals surface area contributed by atoms with Crippen LogP contribution in [0.5, 0.6) is 5.88 Å². The maximum Gasteiger partial charge on any atom is 0.409 e. The fraction of sp³-hybridized carbons (Fsp3) is 0.310. The number of hydrogen-bond acceptors (Lipinski definition) is 9. The number of carbonyl (C=O) groups excluding carboxylic acids is 4. The average molecular weight is 547 g/mol. The van der Waals surface area contributed by atoms with Crippen molar-refractivity contribution in [2.45, 2.75) is 19.7 Å². The van der Waals surface area contributed by atoms with Crippen molar-refractivity contribution in [2.24, 2.45) is 0 Å². The Morgan fingerprint density at radius 1 is 1.00 bits per heavy atom. The van der Waals surface area contributed by atoms with Crippen molar-refractivity contribution in [3.63, 3.8) is 0 Å². The van der Waals surface area contributed by atoms with Crippen LogP contribution >= 0.6 is 0 Å². The van der Waals surface area contributed by atoms with Gasteiger partial charge in [0.25, 0.3) is 5.91 Å². The monoisotopic (exact) mass is 546 g/mol. The number of nitrogens with one attached hydrogen (secondary N) is 1. The van der Waals surface area contributed by atoms with E-state index in [1.165, 1.54) is 6.08 Å². The highest BCUT2D eigenvalue weighted by Crippen LogP contribution is 2.17. The highest BCUT2D eigenvalue weighted by Gasteiger charge is 2.27. The Morgan fingerprint density at radius 2 is 1.75 bits per heavy atom. The summed E-state index contributed by atoms with van der Waals surface area (Å²) in [4.78, 5) is 55.6. The first-order valence-corrected chi connectivity index (χ1v) is 12.9. The normalized spacial score (nSPS) is 14.1. The third kappa shape index (κ3) is 7.66. The van der Waals surface area contributed by atoms with Gasteiger partial charge in [-0.3, -0.25) is 9.69 Å². The summed E-state index contributed by atoms with van der Waals surface area (Å²) >= 11 is 0. The number of hydrogen-bond donors (Lipinski definition) is 1. The third-order valence-corrected chi connectivity index (χ3v) is 6.25. The van der Waals surface area contributed by atoms with Gasteiger partial charge >= 0.3 is 12.1 Å². The van der Waals surface area contributed by atoms with Crippen molar-refractivity contribution in [2.75, 3.05) is 39.4 Å². The molecule has 1 aliphatic rings. The first kappa shape index (κ1) is 28.3. The second-order valence-electron chi connectivity index (χ2n) is 8.92. The zero-order valence-electron chi connectivity index (χ0n) is 22.1. The van der Waals surface area contributed by atoms with Gasteiger partial charge in [0.2, 0.25) is 5.88 Å². The number of pyridine rings is 1. The van der Waals surface area contributed by atoms with Gasteiger partial charge in [-0.25, -0.2) is 19.4 Å². The molecule has 1 N–H and O–H groups in total. The number of para-hydroxylation sites is 1. The molecule has 1 unspecified atom stereocenters. The molecular weight excluding hydrogens is 516 g/mol. The second kappa shape index (κ2) is 13.9. The number of nitrogens with zero attached hydrogens (tertiary/aromatic N) is 3. The molecule has 208 valence electrons. The lowest BCUT2D eigenvalue weighted by atomic mass is 10.1. The first-order chi connectivity index (χ1) is 19.5. The van der Waals surface area contributed by atoms with Gasteiger partial charge in [-0.05, 0) is 36.8 Å². The molecule has 2 aromatic carbocycles. The van der Waals surface area contributed by atoms with Crippen LogP contribution in [0.15, 0.2) is 66.7 Å². The first-order valence-electron chi connectivity index (χ1n) is 12.9. The van der Waals surface area contributed by atoms with Gasteiger partial charge < -0.3 is 24.4 Å². The number of ether oxygens (including phenoxy) is 3. The molecule has 0 aliphatic carbocycles. The van der Waals surface area contributed by atoms with Crippen molar-refractivity contribution >= 4 is 34.8 Å². The minimum atomic E-state index is -0.746. The zero-order chi connectivity index (χ0) is 28.3. The maximum atomic E-state index is 12.5. The van der Waals surface area contributed by atoms with Crippen molar-refractivity contribution < 1.29 is 33.4 Å². The lowest BCUT2D eigenvalue weighted by Gasteiger charge is -2.37. The van der Waals surface area contributed by atoms with E-state index in [0.717, 1.165) is 16.5 Å². The molecule has 11 heteroatoms. The average Bonchev–Trinajstić information content (AvgIpc) is 2.99. The summed E-state index contributed by atoms with van der Waals surface area (Å²) in [5.74, 6) is 0.947. The largest absolute Gasteiger partial charge is 0.473 e. The minimum absolute atomic E-state index is 0.267. The number of amides is 2. The van der Waals surface area contributed by atoms with Crippen molar-refractivity contribution in [1.82, 2.24) is 20.1 Å². The fourth-order valence-corrected chi connectivity index (χ4v) is 4.14. The molecule has 0 saturated carbocycles. The van der Waals surface area contributed by atoms with E-state index in [4.69, 9.17) is 14.2 Å². The molecule has 0 bridgehead atoms. The van der Waals surface area contributed by atoms with Gasteiger partial charge in [0.15, 0.2) is 6.61 Å². The van der Waals surface area contributed by atoms with E-state index < -0.39 is 30.7 Å². The van der Waals surface area contributed by atoms with Crippen LogP contribution in [-0.2, 0) is 25.7 Å². The molecule has 11 nitrogen and oxygen atoms in total. The van der Waals surface area contributed by atoms with Crippen LogP contribution in [0.3, 0.4) is 0 Å². The molecule has 40 heavy (non-hydrogen) atoms. The molecule has 3 aromatic rings. The number of esters is 1. The number of carbonyl (C=O) groups is 3. The quantitative estimate of drug-likeness (QED) is 0.301. The zero-order valence-corrected chi connectivity index (χ0v) is 22.1. The van der Waals surface area contributed by atoms with Gasteiger partial charge in [0.05, 0.1) is 17.7 Å². The van der Waals surface area contributed by atoms with E-state index in [9.17, 15) is 19.2 Å². The lowest BCUT2D eigenvalue weighted by molar-refractivity contribution is -0.125. The molecular formula is C29H30N4O7. The van der Waals surface area contributed by atoms with Crippen LogP contribution < -0.4 is 10.1 Å². The van der Waals surface area contributed by atoms with Crippen molar-refractivity contribution in [1.29, 1.82) is 0 Å². The van der Waals surface area contributed by atoms with E-state index in [2.05, 4.69) is 10.3 Å². The molecule has 0 radical (unpaired) electrons. The Balaban J connectivity index is 1.22. The fourth-order valence-electron chi connectivity index (χ4n) is 4.14. The summed E-state index contributed by atoms with van der Waals surface area (Å²) in [6.45, 7) is 3.35. The summed E-state index contributed by atoms with van der Waals surface area (Å²) in [7, 11) is 0. The third-order valence-electron chi connectivity index (χ3n) is 6.25. The molecule has 1 saturated heterocycles. The molecule has 1 aromatic heterocycles. The van der Waals surface area contributed by atoms with E-state index in [1.54, 1.807) is 48.1 Å². The Hall–Kier alpha value is -4.73. The highest BCUT2D eigenvalue weighted by molar-refractivity contribution is 5.91. The van der Waals surface area contributed by atoms with Crippen LogP contribution in [0.25, 0.3) is 10.9 Å². The Bertz CT molecular complexity index is 1380. The van der Waals surface area contributed by atoms with Gasteiger partial charge in [-0.1, -0.05) is 30.3 Å². The van der Waals surface area contributed by atoms with Gasteiger partial charge in [0, 0.05) is 43.7 Å². The standard InChI is InChI=1S/C29H30N4O7/c1-2-38-29(37)33-16-14-32(15-17-33)25(13-18-34)31-26(35)20-40-28(36)23-9-7-21(8-10-23)19-39-27-12-11-22-5-3-4-6-24(22)30-27/h3-13,25H,2,14-17,19-20H2,1H3,(H,31,35). The van der Waals surface area contributed by atoms with Crippen LogP contribution in [-0.4, -0.2) is 84.3 Å². The molecule has 2 amide bonds. The lowest BCUT2D eigenvalue weighted by Crippen LogP contribution is -2.56. The van der Waals surface area contributed by atoms with Gasteiger partial charge in [0.1, 0.15) is 18.7 Å². The Kier molecular flexibility index (Phi) is 9.82. The minimum Gasteiger partial charge on any atom is -0.473 e. The summed E-state index contributed by atoms with van der Waals surface area (Å²) in [6.07, 6.45) is 0.0287. The van der Waals surface area contributed by atoms with Crippen molar-refractivity contribution in [3.8, 4) is 5.88 Å². The van der Waals surface area contributed by atoms with Crippen LogP contribution in [0.2, 0.25) is 0 Å². The van der Waals surface area contributed by atoms with Crippen LogP contribution in [0.1, 0.15) is 22.8 Å². The number of piperazine rings is 1. The molecule has 2 heterocycles. The summed E-state index contributed by atoms with van der Waals surface area (Å²) in [5.41, 5.74) is 1.95. The highest BCUT2D eigenvalue weighted by atomic mass is 16.6. The smallest absolute Gasteiger partial charge is 0.409 e. The Labute approximate surface area is 231 Å². The SMILES string of the molecule is CCOC(=O)N1CCN(C(C=C=O)NC(=O)COC(=O)c2ccc(COc3ccc4ccccc4n3)cc2)CC1. The van der Waals surface area contributed by atoms with Crippen LogP contribution in [0.4, 0.5) is 4.79 Å². The van der Waals surface area contributed by atoms with E-state index in [1.807, 2.05) is 35.2 Å². The summed E-state index contributed by atoms with van der Waals surface area (Å²) < 4.78 is 15.9. The van der Waals surface area contributed by atoms with Gasteiger partial charge in [-0.2, -0.15) is 0 Å².